The Hall–Kier alpha value is -3.13. The fraction of sp³-hybridized carbons (Fsp3) is 0.200. The molecule has 0 unspecified atom stereocenters. The number of hydrogen-bond donors (Lipinski definition) is 1. The van der Waals surface area contributed by atoms with Crippen molar-refractivity contribution in [3.63, 3.8) is 0 Å². The molecule has 0 radical (unpaired) electrons. The molecule has 1 N–H and O–H groups in total. The average Bonchev–Trinajstić information content (AvgIpc) is 3.00. The lowest BCUT2D eigenvalue weighted by Gasteiger charge is -2.06. The van der Waals surface area contributed by atoms with Gasteiger partial charge < -0.3 is 14.6 Å². The summed E-state index contributed by atoms with van der Waals surface area (Å²) in [5.74, 6) is 0.845. The molecule has 1 amide bonds. The molecule has 2 aromatic carbocycles. The number of aryl methyl sites for hydroxylation is 1. The second-order valence-electron chi connectivity index (χ2n) is 6.14. The highest BCUT2D eigenvalue weighted by Crippen LogP contribution is 2.26. The minimum atomic E-state index is -0.130. The molecule has 0 fully saturated rings. The third-order valence-corrected chi connectivity index (χ3v) is 5.11. The number of amides is 1. The zero-order valence-corrected chi connectivity index (χ0v) is 16.4. The number of thioether (sulfide) groups is 1. The number of carbonyl (C=O) groups is 1. The second kappa shape index (κ2) is 7.85. The number of aromatic nitrogens is 4. The van der Waals surface area contributed by atoms with E-state index in [1.54, 1.807) is 0 Å². The van der Waals surface area contributed by atoms with Crippen molar-refractivity contribution >= 4 is 45.4 Å². The van der Waals surface area contributed by atoms with Crippen molar-refractivity contribution in [3.05, 3.63) is 48.5 Å². The fourth-order valence-electron chi connectivity index (χ4n) is 2.98. The van der Waals surface area contributed by atoms with E-state index >= 15 is 0 Å². The van der Waals surface area contributed by atoms with Crippen molar-refractivity contribution in [3.8, 4) is 5.75 Å². The van der Waals surface area contributed by atoms with Gasteiger partial charge in [-0.1, -0.05) is 30.0 Å². The van der Waals surface area contributed by atoms with Gasteiger partial charge in [0, 0.05) is 18.1 Å². The van der Waals surface area contributed by atoms with Crippen LogP contribution in [0.1, 0.15) is 6.92 Å². The van der Waals surface area contributed by atoms with E-state index in [4.69, 9.17) is 4.74 Å². The Balaban J connectivity index is 1.44. The van der Waals surface area contributed by atoms with Crippen LogP contribution < -0.4 is 10.1 Å². The first-order valence-electron chi connectivity index (χ1n) is 8.89. The highest BCUT2D eigenvalue weighted by molar-refractivity contribution is 7.99. The van der Waals surface area contributed by atoms with Gasteiger partial charge in [0.2, 0.25) is 11.1 Å². The highest BCUT2D eigenvalue weighted by atomic mass is 32.2. The minimum Gasteiger partial charge on any atom is -0.494 e. The van der Waals surface area contributed by atoms with Gasteiger partial charge in [0.25, 0.3) is 0 Å². The summed E-state index contributed by atoms with van der Waals surface area (Å²) < 4.78 is 7.38. The fourth-order valence-corrected chi connectivity index (χ4v) is 3.56. The number of para-hydroxylation sites is 1. The minimum absolute atomic E-state index is 0.130. The number of carbonyl (C=O) groups excluding carboxylic acids is 1. The molecular formula is C20H19N5O2S. The Bertz CT molecular complexity index is 1140. The quantitative estimate of drug-likeness (QED) is 0.504. The highest BCUT2D eigenvalue weighted by Gasteiger charge is 2.13. The zero-order valence-electron chi connectivity index (χ0n) is 15.5. The van der Waals surface area contributed by atoms with Crippen LogP contribution in [0.5, 0.6) is 5.75 Å². The summed E-state index contributed by atoms with van der Waals surface area (Å²) in [6.45, 7) is 2.54. The molecule has 0 spiro atoms. The maximum Gasteiger partial charge on any atom is 0.234 e. The van der Waals surface area contributed by atoms with E-state index in [2.05, 4.69) is 20.5 Å². The van der Waals surface area contributed by atoms with Crippen molar-refractivity contribution in [2.24, 2.45) is 7.05 Å². The Labute approximate surface area is 166 Å². The third kappa shape index (κ3) is 3.63. The maximum absolute atomic E-state index is 12.2. The molecule has 0 saturated carbocycles. The van der Waals surface area contributed by atoms with Crippen LogP contribution in [0.4, 0.5) is 5.69 Å². The first kappa shape index (κ1) is 18.2. The van der Waals surface area contributed by atoms with E-state index in [-0.39, 0.29) is 11.7 Å². The number of nitrogens with one attached hydrogen (secondary N) is 1. The maximum atomic E-state index is 12.2. The summed E-state index contributed by atoms with van der Waals surface area (Å²) in [4.78, 5) is 16.8. The number of rotatable bonds is 6. The van der Waals surface area contributed by atoms with Crippen LogP contribution in [0.25, 0.3) is 22.1 Å². The molecule has 7 nitrogen and oxygen atoms in total. The predicted octanol–water partition coefficient (Wildman–Crippen LogP) is 3.65. The summed E-state index contributed by atoms with van der Waals surface area (Å²) in [6.07, 6.45) is 0. The molecule has 4 rings (SSSR count). The summed E-state index contributed by atoms with van der Waals surface area (Å²) in [5.41, 5.74) is 3.29. The third-order valence-electron chi connectivity index (χ3n) is 4.27. The topological polar surface area (TPSA) is 81.9 Å². The lowest BCUT2D eigenvalue weighted by molar-refractivity contribution is -0.113. The smallest absolute Gasteiger partial charge is 0.234 e. The standard InChI is InChI=1S/C20H19N5O2S/c1-3-27-14-10-8-13(9-11-14)21-17(26)12-28-20-22-19-18(23-24-20)15-6-4-5-7-16(15)25(19)2/h4-11H,3,12H2,1-2H3,(H,21,26). The molecule has 8 heteroatoms. The summed E-state index contributed by atoms with van der Waals surface area (Å²) in [7, 11) is 1.95. The molecule has 0 bridgehead atoms. The summed E-state index contributed by atoms with van der Waals surface area (Å²) in [6, 6.07) is 15.3. The Morgan fingerprint density at radius 2 is 1.93 bits per heavy atom. The Kier molecular flexibility index (Phi) is 5.12. The van der Waals surface area contributed by atoms with Gasteiger partial charge in [-0.2, -0.15) is 0 Å². The van der Waals surface area contributed by atoms with Gasteiger partial charge in [0.1, 0.15) is 11.3 Å². The van der Waals surface area contributed by atoms with Crippen molar-refractivity contribution in [1.29, 1.82) is 0 Å². The SMILES string of the molecule is CCOc1ccc(NC(=O)CSc2nnc3c4ccccc4n(C)c3n2)cc1. The van der Waals surface area contributed by atoms with Crippen LogP contribution in [0.15, 0.2) is 53.7 Å². The lowest BCUT2D eigenvalue weighted by Crippen LogP contribution is -2.14. The van der Waals surface area contributed by atoms with Crippen molar-refractivity contribution in [2.75, 3.05) is 17.7 Å². The molecule has 2 aromatic heterocycles. The molecule has 0 aliphatic rings. The van der Waals surface area contributed by atoms with E-state index < -0.39 is 0 Å². The van der Waals surface area contributed by atoms with Gasteiger partial charge in [-0.15, -0.1) is 10.2 Å². The second-order valence-corrected chi connectivity index (χ2v) is 7.08. The van der Waals surface area contributed by atoms with E-state index in [9.17, 15) is 4.79 Å². The molecule has 142 valence electrons. The van der Waals surface area contributed by atoms with Gasteiger partial charge in [-0.25, -0.2) is 4.98 Å². The molecule has 0 saturated heterocycles. The lowest BCUT2D eigenvalue weighted by atomic mass is 10.2. The van der Waals surface area contributed by atoms with Crippen molar-refractivity contribution in [1.82, 2.24) is 19.7 Å². The van der Waals surface area contributed by atoms with Gasteiger partial charge in [0.05, 0.1) is 17.9 Å². The van der Waals surface area contributed by atoms with Crippen LogP contribution in [-0.4, -0.2) is 38.0 Å². The van der Waals surface area contributed by atoms with Gasteiger partial charge >= 0.3 is 0 Å². The van der Waals surface area contributed by atoms with Gasteiger partial charge in [-0.05, 0) is 37.3 Å². The summed E-state index contributed by atoms with van der Waals surface area (Å²) in [5, 5.41) is 12.8. The largest absolute Gasteiger partial charge is 0.494 e. The number of anilines is 1. The van der Waals surface area contributed by atoms with Crippen LogP contribution in [0.2, 0.25) is 0 Å². The van der Waals surface area contributed by atoms with Crippen LogP contribution in [0, 0.1) is 0 Å². The first-order valence-corrected chi connectivity index (χ1v) is 9.87. The average molecular weight is 393 g/mol. The van der Waals surface area contributed by atoms with E-state index in [0.29, 0.717) is 11.8 Å². The van der Waals surface area contributed by atoms with E-state index in [1.807, 2.05) is 67.1 Å². The van der Waals surface area contributed by atoms with Crippen molar-refractivity contribution in [2.45, 2.75) is 12.1 Å². The number of nitrogens with zero attached hydrogens (tertiary/aromatic N) is 4. The molecule has 0 atom stereocenters. The molecule has 4 aromatic rings. The molecular weight excluding hydrogens is 374 g/mol. The molecule has 0 aliphatic carbocycles. The Morgan fingerprint density at radius 1 is 1.14 bits per heavy atom. The number of hydrogen-bond acceptors (Lipinski definition) is 6. The first-order chi connectivity index (χ1) is 13.7. The zero-order chi connectivity index (χ0) is 19.5. The molecule has 2 heterocycles. The number of ether oxygens (including phenoxy) is 1. The van der Waals surface area contributed by atoms with Gasteiger partial charge in [0.15, 0.2) is 5.65 Å². The van der Waals surface area contributed by atoms with E-state index in [0.717, 1.165) is 33.5 Å². The van der Waals surface area contributed by atoms with Crippen LogP contribution in [0.3, 0.4) is 0 Å². The number of benzene rings is 2. The van der Waals surface area contributed by atoms with Crippen LogP contribution in [-0.2, 0) is 11.8 Å². The molecule has 28 heavy (non-hydrogen) atoms. The number of fused-ring (bicyclic) bond motifs is 3. The van der Waals surface area contributed by atoms with E-state index in [1.165, 1.54) is 11.8 Å². The summed E-state index contributed by atoms with van der Waals surface area (Å²) >= 11 is 1.26. The normalized spacial score (nSPS) is 11.1. The predicted molar refractivity (Wildman–Crippen MR) is 111 cm³/mol. The van der Waals surface area contributed by atoms with Gasteiger partial charge in [-0.3, -0.25) is 4.79 Å². The van der Waals surface area contributed by atoms with Crippen molar-refractivity contribution < 1.29 is 9.53 Å². The molecule has 0 aliphatic heterocycles. The Morgan fingerprint density at radius 3 is 2.71 bits per heavy atom. The van der Waals surface area contributed by atoms with Crippen LogP contribution >= 0.6 is 11.8 Å². The monoisotopic (exact) mass is 393 g/mol.